The Balaban J connectivity index is 5.24. The molecule has 0 aromatic carbocycles. The standard InChI is InChI=1S/C68H132O17P2/c1-8-10-11-12-13-20-27-35-42-49-65(70)78-56-64(85-68(73)52-45-38-31-30-34-41-48-61(7)9-2)58-83-87(76,77)81-54-62(69)53-80-86(74,75)82-57-63(55-79-66(71)50-43-36-28-23-19-18-22-26-33-40-47-60(5)6)84-67(72)51-44-37-29-24-17-15-14-16-21-25-32-39-46-59(3)4/h59-64,69H,8-58H2,1-7H3,(H,74,75)(H,76,77)/t61?,62-,63-,64-/m1/s1. The summed E-state index contributed by atoms with van der Waals surface area (Å²) in [5.41, 5.74) is 0. The molecule has 0 radical (unpaired) electrons. The summed E-state index contributed by atoms with van der Waals surface area (Å²) in [5, 5.41) is 10.6. The summed E-state index contributed by atoms with van der Waals surface area (Å²) in [6.45, 7) is 11.8. The van der Waals surface area contributed by atoms with Gasteiger partial charge in [0.15, 0.2) is 12.2 Å². The van der Waals surface area contributed by atoms with Gasteiger partial charge in [0.1, 0.15) is 19.3 Å². The number of hydrogen-bond donors (Lipinski definition) is 3. The molecule has 0 spiro atoms. The van der Waals surface area contributed by atoms with Crippen molar-refractivity contribution in [3.8, 4) is 0 Å². The number of phosphoric acid groups is 2. The van der Waals surface area contributed by atoms with Crippen molar-refractivity contribution in [2.45, 2.75) is 356 Å². The Morgan fingerprint density at radius 1 is 0.333 bits per heavy atom. The molecule has 0 fully saturated rings. The molecule has 0 rings (SSSR count). The molecule has 516 valence electrons. The topological polar surface area (TPSA) is 237 Å². The van der Waals surface area contributed by atoms with Gasteiger partial charge in [-0.3, -0.25) is 37.3 Å². The Kier molecular flexibility index (Phi) is 57.8. The molecule has 87 heavy (non-hydrogen) atoms. The summed E-state index contributed by atoms with van der Waals surface area (Å²) in [5.74, 6) is 0.123. The zero-order valence-corrected chi connectivity index (χ0v) is 58.3. The van der Waals surface area contributed by atoms with Crippen molar-refractivity contribution in [3.63, 3.8) is 0 Å². The second-order valence-electron chi connectivity index (χ2n) is 25.8. The number of ether oxygens (including phenoxy) is 4. The minimum atomic E-state index is -4.95. The summed E-state index contributed by atoms with van der Waals surface area (Å²) >= 11 is 0. The van der Waals surface area contributed by atoms with Gasteiger partial charge < -0.3 is 33.8 Å². The molecule has 3 unspecified atom stereocenters. The van der Waals surface area contributed by atoms with E-state index in [-0.39, 0.29) is 25.7 Å². The Labute approximate surface area is 530 Å². The fraction of sp³-hybridized carbons (Fsp3) is 0.941. The lowest BCUT2D eigenvalue weighted by Gasteiger charge is -2.21. The first-order valence-corrected chi connectivity index (χ1v) is 38.4. The number of esters is 4. The van der Waals surface area contributed by atoms with Crippen molar-refractivity contribution in [2.24, 2.45) is 17.8 Å². The number of carbonyl (C=O) groups is 4. The molecule has 0 bridgehead atoms. The average molecular weight is 1280 g/mol. The molecule has 0 aromatic heterocycles. The van der Waals surface area contributed by atoms with E-state index in [1.54, 1.807) is 0 Å². The van der Waals surface area contributed by atoms with Crippen LogP contribution < -0.4 is 0 Å². The van der Waals surface area contributed by atoms with E-state index in [4.69, 9.17) is 37.0 Å². The van der Waals surface area contributed by atoms with Crippen molar-refractivity contribution >= 4 is 39.5 Å². The highest BCUT2D eigenvalue weighted by Gasteiger charge is 2.30. The van der Waals surface area contributed by atoms with Gasteiger partial charge in [-0.15, -0.1) is 0 Å². The summed E-state index contributed by atoms with van der Waals surface area (Å²) in [6, 6.07) is 0. The van der Waals surface area contributed by atoms with Gasteiger partial charge in [-0.25, -0.2) is 9.13 Å². The van der Waals surface area contributed by atoms with Crippen molar-refractivity contribution in [2.75, 3.05) is 39.6 Å². The van der Waals surface area contributed by atoms with Crippen LogP contribution in [0.4, 0.5) is 0 Å². The van der Waals surface area contributed by atoms with E-state index in [2.05, 4.69) is 48.5 Å². The quantitative estimate of drug-likeness (QED) is 0.0222. The highest BCUT2D eigenvalue weighted by Crippen LogP contribution is 2.45. The smallest absolute Gasteiger partial charge is 0.462 e. The number of phosphoric ester groups is 2. The maximum Gasteiger partial charge on any atom is 0.472 e. The first kappa shape index (κ1) is 85.1. The molecule has 0 heterocycles. The number of hydrogen-bond acceptors (Lipinski definition) is 15. The van der Waals surface area contributed by atoms with Gasteiger partial charge in [0, 0.05) is 25.7 Å². The molecule has 0 aliphatic rings. The number of aliphatic hydroxyl groups excluding tert-OH is 1. The average Bonchev–Trinajstić information content (AvgIpc) is 3.69. The molecule has 0 amide bonds. The lowest BCUT2D eigenvalue weighted by atomic mass is 10.00. The predicted molar refractivity (Wildman–Crippen MR) is 349 cm³/mol. The first-order valence-electron chi connectivity index (χ1n) is 35.4. The van der Waals surface area contributed by atoms with Crippen LogP contribution in [0, 0.1) is 17.8 Å². The predicted octanol–water partition coefficient (Wildman–Crippen LogP) is 19.1. The zero-order chi connectivity index (χ0) is 64.5. The van der Waals surface area contributed by atoms with Crippen LogP contribution in [0.25, 0.3) is 0 Å². The Morgan fingerprint density at radius 2 is 0.586 bits per heavy atom. The highest BCUT2D eigenvalue weighted by atomic mass is 31.2. The fourth-order valence-corrected chi connectivity index (χ4v) is 11.7. The highest BCUT2D eigenvalue weighted by molar-refractivity contribution is 7.47. The van der Waals surface area contributed by atoms with Crippen molar-refractivity contribution in [1.82, 2.24) is 0 Å². The SMILES string of the molecule is CCCCCCCCCCCC(=O)OC[C@H](COP(=O)(O)OC[C@H](O)COP(=O)(O)OC[C@@H](COC(=O)CCCCCCCCCCCCC(C)C)OC(=O)CCCCCCCCCCCCCCC(C)C)OC(=O)CCCCCCCCC(C)CC. The van der Waals surface area contributed by atoms with Crippen LogP contribution >= 0.6 is 15.6 Å². The maximum absolute atomic E-state index is 13.0. The largest absolute Gasteiger partial charge is 0.472 e. The lowest BCUT2D eigenvalue weighted by molar-refractivity contribution is -0.161. The third-order valence-corrected chi connectivity index (χ3v) is 17.9. The normalized spacial score (nSPS) is 14.6. The van der Waals surface area contributed by atoms with Crippen LogP contribution in [0.3, 0.4) is 0 Å². The van der Waals surface area contributed by atoms with Gasteiger partial charge in [0.05, 0.1) is 26.4 Å². The second kappa shape index (κ2) is 59.1. The van der Waals surface area contributed by atoms with Crippen molar-refractivity contribution in [3.05, 3.63) is 0 Å². The Morgan fingerprint density at radius 3 is 0.874 bits per heavy atom. The van der Waals surface area contributed by atoms with Crippen molar-refractivity contribution in [1.29, 1.82) is 0 Å². The summed E-state index contributed by atoms with van der Waals surface area (Å²) in [6.07, 6.45) is 41.7. The minimum Gasteiger partial charge on any atom is -0.462 e. The molecular weight excluding hydrogens is 1150 g/mol. The molecule has 19 heteroatoms. The fourth-order valence-electron chi connectivity index (χ4n) is 10.2. The molecule has 17 nitrogen and oxygen atoms in total. The summed E-state index contributed by atoms with van der Waals surface area (Å²) in [4.78, 5) is 72.4. The van der Waals surface area contributed by atoms with Crippen LogP contribution in [0.5, 0.6) is 0 Å². The van der Waals surface area contributed by atoms with E-state index in [1.165, 1.54) is 148 Å². The molecule has 0 saturated carbocycles. The summed E-state index contributed by atoms with van der Waals surface area (Å²) in [7, 11) is -9.90. The molecule has 0 aromatic rings. The minimum absolute atomic E-state index is 0.103. The zero-order valence-electron chi connectivity index (χ0n) is 56.5. The lowest BCUT2D eigenvalue weighted by Crippen LogP contribution is -2.30. The van der Waals surface area contributed by atoms with E-state index in [1.807, 2.05) is 0 Å². The van der Waals surface area contributed by atoms with E-state index in [9.17, 15) is 43.2 Å². The summed E-state index contributed by atoms with van der Waals surface area (Å²) < 4.78 is 68.2. The van der Waals surface area contributed by atoms with E-state index in [0.717, 1.165) is 108 Å². The third kappa shape index (κ3) is 61.3. The number of carbonyl (C=O) groups excluding carboxylic acids is 4. The molecule has 0 aliphatic heterocycles. The monoisotopic (exact) mass is 1280 g/mol. The molecule has 0 aliphatic carbocycles. The van der Waals surface area contributed by atoms with Crippen LogP contribution in [-0.2, 0) is 65.4 Å². The number of rotatable bonds is 66. The third-order valence-electron chi connectivity index (χ3n) is 16.0. The van der Waals surface area contributed by atoms with Crippen LogP contribution in [0.2, 0.25) is 0 Å². The molecular formula is C68H132O17P2. The van der Waals surface area contributed by atoms with Gasteiger partial charge in [-0.1, -0.05) is 286 Å². The number of unbranched alkanes of at least 4 members (excludes halogenated alkanes) is 33. The van der Waals surface area contributed by atoms with Crippen LogP contribution in [0.1, 0.15) is 337 Å². The van der Waals surface area contributed by atoms with Crippen molar-refractivity contribution < 1.29 is 80.2 Å². The van der Waals surface area contributed by atoms with Gasteiger partial charge in [0.25, 0.3) is 0 Å². The van der Waals surface area contributed by atoms with Gasteiger partial charge in [-0.05, 0) is 43.4 Å². The maximum atomic E-state index is 13.0. The van der Waals surface area contributed by atoms with E-state index >= 15 is 0 Å². The van der Waals surface area contributed by atoms with E-state index < -0.39 is 97.5 Å². The van der Waals surface area contributed by atoms with Gasteiger partial charge >= 0.3 is 39.5 Å². The van der Waals surface area contributed by atoms with Gasteiger partial charge in [-0.2, -0.15) is 0 Å². The van der Waals surface area contributed by atoms with Crippen LogP contribution in [0.15, 0.2) is 0 Å². The second-order valence-corrected chi connectivity index (χ2v) is 28.7. The van der Waals surface area contributed by atoms with Crippen LogP contribution in [-0.4, -0.2) is 96.7 Å². The van der Waals surface area contributed by atoms with Gasteiger partial charge in [0.2, 0.25) is 0 Å². The Hall–Kier alpha value is -1.94. The Bertz CT molecular complexity index is 1720. The first-order chi connectivity index (χ1) is 41.8. The molecule has 3 N–H and O–H groups in total. The number of aliphatic hydroxyl groups is 1. The molecule has 6 atom stereocenters. The van der Waals surface area contributed by atoms with E-state index in [0.29, 0.717) is 25.7 Å². The molecule has 0 saturated heterocycles.